The van der Waals surface area contributed by atoms with Crippen LogP contribution in [0.4, 0.5) is 0 Å². The van der Waals surface area contributed by atoms with Crippen LogP contribution in [0.1, 0.15) is 251 Å². The van der Waals surface area contributed by atoms with E-state index >= 15 is 0 Å². The van der Waals surface area contributed by atoms with Gasteiger partial charge in [-0.25, -0.2) is 0 Å². The molecule has 0 rings (SSSR count). The molecule has 1 unspecified atom stereocenters. The highest BCUT2D eigenvalue weighted by Gasteiger charge is 2.16. The first-order valence-corrected chi connectivity index (χ1v) is 26.0. The van der Waals surface area contributed by atoms with Gasteiger partial charge in [-0.05, 0) is 64.2 Å². The summed E-state index contributed by atoms with van der Waals surface area (Å²) in [5.74, 6) is -0.593. The molecule has 1 N–H and O–H groups in total. The third-order valence-corrected chi connectivity index (χ3v) is 11.3. The van der Waals surface area contributed by atoms with Crippen LogP contribution in [0.3, 0.4) is 0 Å². The normalized spacial score (nSPS) is 12.8. The van der Waals surface area contributed by atoms with Gasteiger partial charge in [0.1, 0.15) is 6.61 Å². The maximum Gasteiger partial charge on any atom is 0.306 e. The topological polar surface area (TPSA) is 72.8 Å². The minimum Gasteiger partial charge on any atom is -0.462 e. The number of allylic oxidation sites excluding steroid dienone is 12. The van der Waals surface area contributed by atoms with E-state index in [4.69, 9.17) is 9.47 Å². The van der Waals surface area contributed by atoms with Crippen LogP contribution in [-0.2, 0) is 19.1 Å². The van der Waals surface area contributed by atoms with Gasteiger partial charge in [0.2, 0.25) is 0 Å². The van der Waals surface area contributed by atoms with Gasteiger partial charge in [0.25, 0.3) is 0 Å². The summed E-state index contributed by atoms with van der Waals surface area (Å²) >= 11 is 0. The van der Waals surface area contributed by atoms with Crippen molar-refractivity contribution in [2.45, 2.75) is 258 Å². The molecule has 0 heterocycles. The summed E-state index contributed by atoms with van der Waals surface area (Å²) in [5, 5.41) is 9.52. The third-order valence-electron chi connectivity index (χ3n) is 11.3. The minimum atomic E-state index is -0.766. The van der Waals surface area contributed by atoms with Gasteiger partial charge in [0.15, 0.2) is 6.10 Å². The molecule has 0 aliphatic carbocycles. The Morgan fingerprint density at radius 2 is 0.705 bits per heavy atom. The van der Waals surface area contributed by atoms with E-state index in [9.17, 15) is 14.7 Å². The molecule has 0 amide bonds. The number of unbranched alkanes of at least 4 members (excludes halogenated alkanes) is 27. The Morgan fingerprint density at radius 3 is 1.07 bits per heavy atom. The summed E-state index contributed by atoms with van der Waals surface area (Å²) in [5.41, 5.74) is 0. The van der Waals surface area contributed by atoms with Crippen molar-refractivity contribution < 1.29 is 24.2 Å². The van der Waals surface area contributed by atoms with E-state index in [1.807, 2.05) is 0 Å². The van der Waals surface area contributed by atoms with Crippen LogP contribution in [0, 0.1) is 0 Å². The minimum absolute atomic E-state index is 0.0635. The highest BCUT2D eigenvalue weighted by atomic mass is 16.6. The molecule has 5 nitrogen and oxygen atoms in total. The van der Waals surface area contributed by atoms with Gasteiger partial charge in [-0.1, -0.05) is 247 Å². The van der Waals surface area contributed by atoms with Crippen molar-refractivity contribution in [1.82, 2.24) is 0 Å². The number of aliphatic hydroxyl groups is 1. The largest absolute Gasteiger partial charge is 0.462 e. The summed E-state index contributed by atoms with van der Waals surface area (Å²) < 4.78 is 10.6. The lowest BCUT2D eigenvalue weighted by Gasteiger charge is -2.15. The quantitative estimate of drug-likeness (QED) is 0.0375. The lowest BCUT2D eigenvalue weighted by atomic mass is 10.0. The van der Waals surface area contributed by atoms with Crippen LogP contribution in [0.15, 0.2) is 72.9 Å². The van der Waals surface area contributed by atoms with Crippen LogP contribution >= 0.6 is 0 Å². The SMILES string of the molecule is CC/C=C\C/C=C\C/C=C\C/C=C\C/C=C\C/C=C\CCCCCCCCCCCCCCCCCCCCCCCCC(=O)OC(CO)COC(=O)CCCCCCCC. The average Bonchev–Trinajstić information content (AvgIpc) is 3.26. The lowest BCUT2D eigenvalue weighted by Crippen LogP contribution is -2.28. The molecule has 1 atom stereocenters. The summed E-state index contributed by atoms with van der Waals surface area (Å²) in [4.78, 5) is 24.1. The van der Waals surface area contributed by atoms with Crippen molar-refractivity contribution in [2.24, 2.45) is 0 Å². The number of rotatable bonds is 47. The number of carbonyl (C=O) groups excluding carboxylic acids is 2. The molecule has 0 aromatic carbocycles. The lowest BCUT2D eigenvalue weighted by molar-refractivity contribution is -0.161. The zero-order valence-corrected chi connectivity index (χ0v) is 40.2. The summed E-state index contributed by atoms with van der Waals surface area (Å²) in [6, 6.07) is 0. The molecule has 61 heavy (non-hydrogen) atoms. The number of hydrogen-bond donors (Lipinski definition) is 1. The predicted octanol–water partition coefficient (Wildman–Crippen LogP) is 17.2. The van der Waals surface area contributed by atoms with Gasteiger partial charge in [0.05, 0.1) is 6.61 Å². The van der Waals surface area contributed by atoms with Crippen LogP contribution in [0.5, 0.6) is 0 Å². The second-order valence-electron chi connectivity index (χ2n) is 17.2. The molecular weight excluding hydrogens is 753 g/mol. The van der Waals surface area contributed by atoms with Crippen molar-refractivity contribution in [3.8, 4) is 0 Å². The van der Waals surface area contributed by atoms with Crippen LogP contribution in [0.25, 0.3) is 0 Å². The Hall–Kier alpha value is -2.66. The highest BCUT2D eigenvalue weighted by Crippen LogP contribution is 2.16. The first-order chi connectivity index (χ1) is 30.1. The van der Waals surface area contributed by atoms with E-state index in [-0.39, 0.29) is 25.2 Å². The van der Waals surface area contributed by atoms with Gasteiger partial charge in [-0.3, -0.25) is 9.59 Å². The Kier molecular flexibility index (Phi) is 49.4. The van der Waals surface area contributed by atoms with E-state index in [1.165, 1.54) is 148 Å². The molecule has 0 aromatic heterocycles. The van der Waals surface area contributed by atoms with Crippen LogP contribution in [-0.4, -0.2) is 36.4 Å². The van der Waals surface area contributed by atoms with Crippen molar-refractivity contribution in [3.05, 3.63) is 72.9 Å². The van der Waals surface area contributed by atoms with Gasteiger partial charge in [-0.15, -0.1) is 0 Å². The molecule has 0 aromatic rings. The number of ether oxygens (including phenoxy) is 2. The van der Waals surface area contributed by atoms with E-state index in [1.54, 1.807) is 0 Å². The number of esters is 2. The zero-order chi connectivity index (χ0) is 44.2. The van der Waals surface area contributed by atoms with Gasteiger partial charge < -0.3 is 14.6 Å². The van der Waals surface area contributed by atoms with Crippen molar-refractivity contribution in [3.63, 3.8) is 0 Å². The first-order valence-electron chi connectivity index (χ1n) is 26.0. The monoisotopic (exact) mass is 851 g/mol. The first kappa shape index (κ1) is 58.3. The van der Waals surface area contributed by atoms with Crippen molar-refractivity contribution >= 4 is 11.9 Å². The second-order valence-corrected chi connectivity index (χ2v) is 17.2. The van der Waals surface area contributed by atoms with E-state index in [0.29, 0.717) is 12.8 Å². The number of aliphatic hydroxyl groups excluding tert-OH is 1. The van der Waals surface area contributed by atoms with Gasteiger partial charge >= 0.3 is 11.9 Å². The van der Waals surface area contributed by atoms with Gasteiger partial charge in [0, 0.05) is 12.8 Å². The molecule has 0 saturated heterocycles. The van der Waals surface area contributed by atoms with Crippen molar-refractivity contribution in [2.75, 3.05) is 13.2 Å². The molecule has 0 fully saturated rings. The molecule has 352 valence electrons. The third kappa shape index (κ3) is 49.9. The predicted molar refractivity (Wildman–Crippen MR) is 265 cm³/mol. The fourth-order valence-corrected chi connectivity index (χ4v) is 7.38. The Balaban J connectivity index is 3.38. The summed E-state index contributed by atoms with van der Waals surface area (Å²) in [7, 11) is 0. The number of carbonyl (C=O) groups is 2. The van der Waals surface area contributed by atoms with Crippen LogP contribution in [0.2, 0.25) is 0 Å². The fourth-order valence-electron chi connectivity index (χ4n) is 7.38. The average molecular weight is 851 g/mol. The number of hydrogen-bond acceptors (Lipinski definition) is 5. The van der Waals surface area contributed by atoms with E-state index < -0.39 is 6.10 Å². The molecule has 0 bridgehead atoms. The zero-order valence-electron chi connectivity index (χ0n) is 40.2. The van der Waals surface area contributed by atoms with E-state index in [2.05, 4.69) is 86.8 Å². The van der Waals surface area contributed by atoms with Crippen LogP contribution < -0.4 is 0 Å². The molecule has 0 spiro atoms. The summed E-state index contributed by atoms with van der Waals surface area (Å²) in [6.07, 6.45) is 70.6. The molecular formula is C56H98O5. The molecule has 0 aliphatic rings. The maximum absolute atomic E-state index is 12.2. The molecule has 0 aliphatic heterocycles. The molecule has 5 heteroatoms. The molecule has 0 saturated carbocycles. The Bertz CT molecular complexity index is 1100. The standard InChI is InChI=1S/C56H98O5/c1-3-5-7-9-11-12-13-14-15-16-17-18-19-20-21-22-23-24-25-26-27-28-29-30-31-32-33-34-35-36-37-38-39-40-41-42-43-44-45-47-49-51-56(59)61-54(52-57)53-60-55(58)50-48-46-10-8-6-4-2/h5,7,11-12,14-15,17-18,20-21,23-24,54,57H,3-4,6,8-10,13,16,19,22,25-53H2,1-2H3/b7-5-,12-11-,15-14-,18-17-,21-20-,24-23-. The Morgan fingerprint density at radius 1 is 0.393 bits per heavy atom. The smallest absolute Gasteiger partial charge is 0.306 e. The second kappa shape index (κ2) is 51.7. The Labute approximate surface area is 378 Å². The van der Waals surface area contributed by atoms with E-state index in [0.717, 1.165) is 77.0 Å². The highest BCUT2D eigenvalue weighted by molar-refractivity contribution is 5.70. The fraction of sp³-hybridized carbons (Fsp3) is 0.750. The van der Waals surface area contributed by atoms with Crippen molar-refractivity contribution in [1.29, 1.82) is 0 Å². The van der Waals surface area contributed by atoms with Gasteiger partial charge in [-0.2, -0.15) is 0 Å². The summed E-state index contributed by atoms with van der Waals surface area (Å²) in [6.45, 7) is 3.97. The molecule has 0 radical (unpaired) electrons. The maximum atomic E-state index is 12.2.